The van der Waals surface area contributed by atoms with Crippen LogP contribution in [0.3, 0.4) is 0 Å². The number of hydrogen-bond donors (Lipinski definition) is 4. The highest BCUT2D eigenvalue weighted by molar-refractivity contribution is 5.33. The summed E-state index contributed by atoms with van der Waals surface area (Å²) < 4.78 is 12.9. The smallest absolute Gasteiger partial charge is 0.165 e. The van der Waals surface area contributed by atoms with Gasteiger partial charge in [0.1, 0.15) is 0 Å². The summed E-state index contributed by atoms with van der Waals surface area (Å²) in [6, 6.07) is 3.75. The summed E-state index contributed by atoms with van der Waals surface area (Å²) in [6.45, 7) is -0.242. The van der Waals surface area contributed by atoms with Gasteiger partial charge in [-0.25, -0.2) is 4.39 Å². The van der Waals surface area contributed by atoms with E-state index in [9.17, 15) is 9.50 Å². The lowest BCUT2D eigenvalue weighted by Crippen LogP contribution is -2.35. The van der Waals surface area contributed by atoms with Gasteiger partial charge in [-0.15, -0.1) is 0 Å². The van der Waals surface area contributed by atoms with Gasteiger partial charge in [0.2, 0.25) is 0 Å². The number of halogens is 1. The van der Waals surface area contributed by atoms with Crippen LogP contribution in [0.1, 0.15) is 5.56 Å². The Morgan fingerprint density at radius 1 is 1.27 bits per heavy atom. The van der Waals surface area contributed by atoms with Crippen LogP contribution >= 0.6 is 0 Å². The number of rotatable bonds is 5. The van der Waals surface area contributed by atoms with Gasteiger partial charge in [0.15, 0.2) is 11.6 Å². The molecule has 1 aromatic rings. The lowest BCUT2D eigenvalue weighted by atomic mass is 10.2. The number of aromatic hydroxyl groups is 1. The number of hydrogen-bond acceptors (Lipinski definition) is 4. The summed E-state index contributed by atoms with van der Waals surface area (Å²) in [5, 5.41) is 29.6. The van der Waals surface area contributed by atoms with E-state index in [4.69, 9.17) is 10.2 Å². The highest BCUT2D eigenvalue weighted by atomic mass is 19.1. The van der Waals surface area contributed by atoms with Gasteiger partial charge in [0.05, 0.1) is 19.3 Å². The molecule has 15 heavy (non-hydrogen) atoms. The third kappa shape index (κ3) is 3.16. The fraction of sp³-hybridized carbons (Fsp3) is 0.400. The van der Waals surface area contributed by atoms with Crippen molar-refractivity contribution in [3.05, 3.63) is 29.6 Å². The maximum Gasteiger partial charge on any atom is 0.165 e. The van der Waals surface area contributed by atoms with E-state index in [1.807, 2.05) is 0 Å². The molecule has 0 unspecified atom stereocenters. The summed E-state index contributed by atoms with van der Waals surface area (Å²) in [4.78, 5) is 0. The van der Waals surface area contributed by atoms with Gasteiger partial charge in [-0.3, -0.25) is 0 Å². The van der Waals surface area contributed by atoms with Crippen LogP contribution in [-0.2, 0) is 6.54 Å². The molecule has 0 aliphatic carbocycles. The van der Waals surface area contributed by atoms with E-state index < -0.39 is 17.6 Å². The molecule has 0 bridgehead atoms. The summed E-state index contributed by atoms with van der Waals surface area (Å²) >= 11 is 0. The minimum atomic E-state index is -0.682. The highest BCUT2D eigenvalue weighted by Gasteiger charge is 2.09. The van der Waals surface area contributed by atoms with Crippen molar-refractivity contribution in [3.8, 4) is 5.75 Å². The zero-order valence-corrected chi connectivity index (χ0v) is 8.15. The molecule has 5 heteroatoms. The standard InChI is InChI=1S/C10H14FNO3/c11-9-3-1-2-7(10(9)15)4-12-8(5-13)6-14/h1-3,8,12-15H,4-6H2. The Hall–Kier alpha value is -1.17. The molecule has 4 N–H and O–H groups in total. The molecule has 0 aromatic heterocycles. The molecule has 0 atom stereocenters. The van der Waals surface area contributed by atoms with Gasteiger partial charge < -0.3 is 20.6 Å². The van der Waals surface area contributed by atoms with E-state index in [0.29, 0.717) is 5.56 Å². The highest BCUT2D eigenvalue weighted by Crippen LogP contribution is 2.20. The second-order valence-electron chi connectivity index (χ2n) is 3.19. The van der Waals surface area contributed by atoms with Crippen LogP contribution in [0.5, 0.6) is 5.75 Å². The van der Waals surface area contributed by atoms with Crippen LogP contribution in [0.25, 0.3) is 0 Å². The summed E-state index contributed by atoms with van der Waals surface area (Å²) in [5.74, 6) is -1.08. The summed E-state index contributed by atoms with van der Waals surface area (Å²) in [5.41, 5.74) is 0.391. The second kappa shape index (κ2) is 5.65. The molecule has 0 fully saturated rings. The van der Waals surface area contributed by atoms with E-state index in [-0.39, 0.29) is 19.8 Å². The summed E-state index contributed by atoms with van der Waals surface area (Å²) in [7, 11) is 0. The van der Waals surface area contributed by atoms with Gasteiger partial charge in [-0.05, 0) is 6.07 Å². The molecule has 1 aromatic carbocycles. The fourth-order valence-electron chi connectivity index (χ4n) is 1.14. The third-order valence-corrected chi connectivity index (χ3v) is 2.09. The Morgan fingerprint density at radius 3 is 2.53 bits per heavy atom. The Morgan fingerprint density at radius 2 is 1.93 bits per heavy atom. The van der Waals surface area contributed by atoms with E-state index in [1.54, 1.807) is 6.07 Å². The predicted molar refractivity (Wildman–Crippen MR) is 52.9 cm³/mol. The van der Waals surface area contributed by atoms with Gasteiger partial charge >= 0.3 is 0 Å². The number of benzene rings is 1. The van der Waals surface area contributed by atoms with Crippen molar-refractivity contribution < 1.29 is 19.7 Å². The van der Waals surface area contributed by atoms with Gasteiger partial charge in [0.25, 0.3) is 0 Å². The quantitative estimate of drug-likeness (QED) is 0.557. The van der Waals surface area contributed by atoms with Crippen LogP contribution in [0.2, 0.25) is 0 Å². The molecule has 0 aliphatic heterocycles. The minimum absolute atomic E-state index is 0.190. The van der Waals surface area contributed by atoms with E-state index in [0.717, 1.165) is 6.07 Å². The van der Waals surface area contributed by atoms with Crippen molar-refractivity contribution >= 4 is 0 Å². The van der Waals surface area contributed by atoms with Crippen molar-refractivity contribution in [3.63, 3.8) is 0 Å². The minimum Gasteiger partial charge on any atom is -0.505 e. The number of aliphatic hydroxyl groups excluding tert-OH is 2. The number of phenolic OH excluding ortho intramolecular Hbond substituents is 1. The largest absolute Gasteiger partial charge is 0.505 e. The zero-order valence-electron chi connectivity index (χ0n) is 8.15. The van der Waals surface area contributed by atoms with Crippen molar-refractivity contribution in [2.45, 2.75) is 12.6 Å². The van der Waals surface area contributed by atoms with Crippen molar-refractivity contribution in [2.75, 3.05) is 13.2 Å². The number of phenols is 1. The molecule has 0 heterocycles. The molecular weight excluding hydrogens is 201 g/mol. The number of aliphatic hydroxyl groups is 2. The van der Waals surface area contributed by atoms with Crippen LogP contribution in [-0.4, -0.2) is 34.6 Å². The van der Waals surface area contributed by atoms with Gasteiger partial charge in [-0.2, -0.15) is 0 Å². The Balaban J connectivity index is 2.61. The Bertz CT molecular complexity index is 316. The molecule has 0 radical (unpaired) electrons. The first-order chi connectivity index (χ1) is 7.19. The fourth-order valence-corrected chi connectivity index (χ4v) is 1.14. The number of nitrogens with one attached hydrogen (secondary N) is 1. The lowest BCUT2D eigenvalue weighted by Gasteiger charge is -2.13. The molecule has 0 saturated carbocycles. The predicted octanol–water partition coefficient (Wildman–Crippen LogP) is -0.0259. The van der Waals surface area contributed by atoms with E-state index >= 15 is 0 Å². The first-order valence-electron chi connectivity index (χ1n) is 4.60. The molecule has 0 aliphatic rings. The van der Waals surface area contributed by atoms with E-state index in [2.05, 4.69) is 5.32 Å². The Labute approximate surface area is 87.0 Å². The van der Waals surface area contributed by atoms with Gasteiger partial charge in [-0.1, -0.05) is 12.1 Å². The van der Waals surface area contributed by atoms with Crippen LogP contribution in [0.4, 0.5) is 4.39 Å². The first kappa shape index (κ1) is 11.9. The monoisotopic (exact) mass is 215 g/mol. The molecule has 0 amide bonds. The molecule has 84 valence electrons. The zero-order chi connectivity index (χ0) is 11.3. The van der Waals surface area contributed by atoms with Crippen molar-refractivity contribution in [1.82, 2.24) is 5.32 Å². The number of para-hydroxylation sites is 1. The second-order valence-corrected chi connectivity index (χ2v) is 3.19. The Kier molecular flexibility index (Phi) is 4.48. The van der Waals surface area contributed by atoms with E-state index in [1.165, 1.54) is 6.07 Å². The average molecular weight is 215 g/mol. The topological polar surface area (TPSA) is 72.7 Å². The average Bonchev–Trinajstić information content (AvgIpc) is 2.25. The van der Waals surface area contributed by atoms with Crippen LogP contribution in [0, 0.1) is 5.82 Å². The van der Waals surface area contributed by atoms with Crippen LogP contribution < -0.4 is 5.32 Å². The van der Waals surface area contributed by atoms with Gasteiger partial charge in [0, 0.05) is 12.1 Å². The van der Waals surface area contributed by atoms with Crippen LogP contribution in [0.15, 0.2) is 18.2 Å². The molecule has 4 nitrogen and oxygen atoms in total. The normalized spacial score (nSPS) is 10.9. The molecule has 1 rings (SSSR count). The molecular formula is C10H14FNO3. The maximum absolute atomic E-state index is 12.9. The maximum atomic E-state index is 12.9. The molecule has 0 spiro atoms. The third-order valence-electron chi connectivity index (χ3n) is 2.09. The first-order valence-corrected chi connectivity index (χ1v) is 4.60. The van der Waals surface area contributed by atoms with Crippen molar-refractivity contribution in [1.29, 1.82) is 0 Å². The molecule has 0 saturated heterocycles. The summed E-state index contributed by atoms with van der Waals surface area (Å²) in [6.07, 6.45) is 0. The van der Waals surface area contributed by atoms with Crippen molar-refractivity contribution in [2.24, 2.45) is 0 Å². The lowest BCUT2D eigenvalue weighted by molar-refractivity contribution is 0.170. The SMILES string of the molecule is OCC(CO)NCc1cccc(F)c1O.